The maximum atomic E-state index is 6.40. The first-order chi connectivity index (χ1) is 26.6. The summed E-state index contributed by atoms with van der Waals surface area (Å²) in [5, 5.41) is 3.68. The predicted molar refractivity (Wildman–Crippen MR) is 240 cm³/mol. The minimum Gasteiger partial charge on any atom is -0.501 e. The summed E-state index contributed by atoms with van der Waals surface area (Å²) in [4.78, 5) is 9.89. The van der Waals surface area contributed by atoms with Gasteiger partial charge in [0.2, 0.25) is 0 Å². The molecule has 0 aliphatic heterocycles. The Bertz CT molecular complexity index is 2630. The molecule has 0 unspecified atom stereocenters. The van der Waals surface area contributed by atoms with Gasteiger partial charge in [0.25, 0.3) is 0 Å². The maximum Gasteiger partial charge on any atom is 0.120 e. The molecule has 3 aromatic heterocycles. The van der Waals surface area contributed by atoms with Crippen molar-refractivity contribution in [2.45, 2.75) is 93.3 Å². The minimum atomic E-state index is -1.38. The molecule has 0 aliphatic rings. The molecule has 0 fully saturated rings. The van der Waals surface area contributed by atoms with Gasteiger partial charge in [-0.2, -0.15) is 0 Å². The van der Waals surface area contributed by atoms with Crippen LogP contribution in [-0.2, 0) is 26.5 Å². The van der Waals surface area contributed by atoms with Crippen molar-refractivity contribution < 1.29 is 24.5 Å². The van der Waals surface area contributed by atoms with Gasteiger partial charge in [-0.25, -0.2) is 0 Å². The van der Waals surface area contributed by atoms with Crippen LogP contribution in [0.3, 0.4) is 0 Å². The van der Waals surface area contributed by atoms with E-state index in [1.54, 1.807) is 0 Å². The molecule has 0 aliphatic carbocycles. The Morgan fingerprint density at radius 3 is 2.12 bits per heavy atom. The Morgan fingerprint density at radius 1 is 0.789 bits per heavy atom. The summed E-state index contributed by atoms with van der Waals surface area (Å²) < 4.78 is 8.73. The van der Waals surface area contributed by atoms with Gasteiger partial charge in [-0.15, -0.1) is 53.6 Å². The smallest absolute Gasteiger partial charge is 0.120 e. The number of aryl methyl sites for hydroxylation is 1. The third kappa shape index (κ3) is 8.79. The average Bonchev–Trinajstić information content (AvgIpc) is 3.73. The number of rotatable bonds is 7. The third-order valence-electron chi connectivity index (χ3n) is 10.5. The van der Waals surface area contributed by atoms with Crippen LogP contribution in [0.15, 0.2) is 114 Å². The number of nitrogens with zero attached hydrogens (tertiary/aromatic N) is 3. The molecule has 0 N–H and O–H groups in total. The van der Waals surface area contributed by atoms with Gasteiger partial charge in [-0.3, -0.25) is 4.98 Å². The fraction of sp³-hybridized carbons (Fsp3) is 0.294. The number of benzene rings is 5. The van der Waals surface area contributed by atoms with Gasteiger partial charge in [-0.1, -0.05) is 146 Å². The van der Waals surface area contributed by atoms with Gasteiger partial charge < -0.3 is 14.0 Å². The van der Waals surface area contributed by atoms with Gasteiger partial charge in [0.05, 0.1) is 30.5 Å². The van der Waals surface area contributed by atoms with Crippen LogP contribution in [0.1, 0.15) is 82.6 Å². The van der Waals surface area contributed by atoms with Crippen molar-refractivity contribution in [3.63, 3.8) is 0 Å². The Labute approximate surface area is 354 Å². The number of para-hydroxylation sites is 4. The summed E-state index contributed by atoms with van der Waals surface area (Å²) in [5.41, 5.74) is 13.6. The van der Waals surface area contributed by atoms with E-state index in [1.165, 1.54) is 33.1 Å². The Hall–Kier alpha value is -4.61. The summed E-state index contributed by atoms with van der Waals surface area (Å²) in [6.07, 6.45) is 3.21. The summed E-state index contributed by atoms with van der Waals surface area (Å²) in [6, 6.07) is 42.7. The van der Waals surface area contributed by atoms with Crippen LogP contribution in [-0.4, -0.2) is 22.6 Å². The summed E-state index contributed by atoms with van der Waals surface area (Å²) in [6.45, 7) is 25.2. The number of pyridine rings is 1. The number of fused-ring (bicyclic) bond motifs is 4. The zero-order valence-electron chi connectivity index (χ0n) is 35.3. The topological polar surface area (TPSA) is 43.9 Å². The minimum absolute atomic E-state index is 0. The molecule has 0 spiro atoms. The van der Waals surface area contributed by atoms with Crippen molar-refractivity contribution in [1.29, 1.82) is 0 Å². The van der Waals surface area contributed by atoms with Crippen LogP contribution in [0.2, 0.25) is 19.6 Å². The third-order valence-corrected chi connectivity index (χ3v) is 12.5. The van der Waals surface area contributed by atoms with Crippen molar-refractivity contribution >= 4 is 46.2 Å². The van der Waals surface area contributed by atoms with Crippen molar-refractivity contribution in [2.75, 3.05) is 0 Å². The van der Waals surface area contributed by atoms with Crippen LogP contribution >= 0.6 is 0 Å². The fourth-order valence-electron chi connectivity index (χ4n) is 7.75. The van der Waals surface area contributed by atoms with Crippen LogP contribution < -0.4 is 5.19 Å². The Balaban J connectivity index is 0.000000208. The van der Waals surface area contributed by atoms with E-state index in [-0.39, 0.29) is 25.5 Å². The molecule has 8 rings (SSSR count). The molecular weight excluding hydrogens is 891 g/mol. The summed E-state index contributed by atoms with van der Waals surface area (Å²) in [7, 11) is -1.38. The van der Waals surface area contributed by atoms with Crippen molar-refractivity contribution in [2.24, 2.45) is 5.41 Å². The molecule has 1 radical (unpaired) electrons. The number of hydrogen-bond donors (Lipinski definition) is 0. The van der Waals surface area contributed by atoms with E-state index in [9.17, 15) is 0 Å². The first-order valence-electron chi connectivity index (χ1n) is 20.0. The van der Waals surface area contributed by atoms with E-state index < -0.39 is 8.07 Å². The van der Waals surface area contributed by atoms with E-state index in [0.717, 1.165) is 62.0 Å². The molecule has 0 saturated heterocycles. The Morgan fingerprint density at radius 2 is 1.47 bits per heavy atom. The van der Waals surface area contributed by atoms with Gasteiger partial charge >= 0.3 is 0 Å². The molecule has 6 heteroatoms. The molecule has 0 atom stereocenters. The summed E-state index contributed by atoms with van der Waals surface area (Å²) >= 11 is 0. The van der Waals surface area contributed by atoms with Crippen LogP contribution in [0.25, 0.3) is 61.3 Å². The van der Waals surface area contributed by atoms with Crippen molar-refractivity contribution in [1.82, 2.24) is 14.5 Å². The van der Waals surface area contributed by atoms with E-state index >= 15 is 0 Å². The SMILES string of the molecule is CC(C)c1cccc(C(C)C)c1-n1c(-c2[c-]ccc3c2oc2ccccc23)nc2ccccc21.Cc1c[c-]c(-c2cc(CC(C)(C)C)c([Si](C)(C)C)cn2)cc1.[Ir]. The first-order valence-corrected chi connectivity index (χ1v) is 23.5. The van der Waals surface area contributed by atoms with Crippen molar-refractivity contribution in [3.05, 3.63) is 144 Å². The quantitative estimate of drug-likeness (QED) is 0.118. The van der Waals surface area contributed by atoms with E-state index in [2.05, 4.69) is 171 Å². The Kier molecular flexibility index (Phi) is 12.3. The molecule has 0 amide bonds. The molecule has 5 aromatic carbocycles. The number of imidazole rings is 1. The number of hydrogen-bond acceptors (Lipinski definition) is 3. The van der Waals surface area contributed by atoms with Gasteiger partial charge in [0.15, 0.2) is 0 Å². The second kappa shape index (κ2) is 16.7. The second-order valence-corrected chi connectivity index (χ2v) is 23.1. The number of furan rings is 1. The molecule has 295 valence electrons. The largest absolute Gasteiger partial charge is 0.501 e. The molecular formula is C51H55IrN3OSi-2. The van der Waals surface area contributed by atoms with Crippen LogP contribution in [0.5, 0.6) is 0 Å². The van der Waals surface area contributed by atoms with Gasteiger partial charge in [0.1, 0.15) is 5.58 Å². The second-order valence-electron chi connectivity index (χ2n) is 18.0. The molecule has 0 saturated carbocycles. The molecule has 4 nitrogen and oxygen atoms in total. The summed E-state index contributed by atoms with van der Waals surface area (Å²) in [5.74, 6) is 1.60. The molecule has 8 aromatic rings. The standard InChI is InChI=1S/C31H27N2O.C20H28NSi.Ir/c1-19(2)21-12-9-13-22(20(3)4)29(21)33-27-17-7-6-16-26(27)32-31(33)25-15-10-14-24-23-11-5-8-18-28(23)34-30(24)25;1-15-8-10-16(11-9-15)18-12-17(13-20(2,3)4)19(14-21-18)22(5,6)7;/h5-14,16-20H,1-4H3;8-10,12,14H,13H2,1-7H3;/q2*-1;. The number of aromatic nitrogens is 3. The van der Waals surface area contributed by atoms with Crippen LogP contribution in [0.4, 0.5) is 0 Å². The van der Waals surface area contributed by atoms with Crippen molar-refractivity contribution in [3.8, 4) is 28.3 Å². The first kappa shape index (κ1) is 42.0. The maximum absolute atomic E-state index is 6.40. The van der Waals surface area contributed by atoms with E-state index in [0.29, 0.717) is 11.8 Å². The zero-order valence-corrected chi connectivity index (χ0v) is 38.7. The van der Waals surface area contributed by atoms with Gasteiger partial charge in [-0.05, 0) is 63.9 Å². The molecule has 0 bridgehead atoms. The molecule has 57 heavy (non-hydrogen) atoms. The fourth-order valence-corrected chi connectivity index (χ4v) is 9.32. The van der Waals surface area contributed by atoms with E-state index in [1.807, 2.05) is 30.3 Å². The normalized spacial score (nSPS) is 12.0. The average molecular weight is 946 g/mol. The zero-order chi connectivity index (χ0) is 39.9. The predicted octanol–water partition coefficient (Wildman–Crippen LogP) is 13.6. The van der Waals surface area contributed by atoms with E-state index in [4.69, 9.17) is 14.4 Å². The van der Waals surface area contributed by atoms with Gasteiger partial charge in [0, 0.05) is 37.4 Å². The monoisotopic (exact) mass is 946 g/mol. The van der Waals surface area contributed by atoms with Crippen LogP contribution in [0, 0.1) is 24.5 Å². The molecule has 3 heterocycles.